The molecule has 3 N–H and O–H groups in total. The topological polar surface area (TPSA) is 87.9 Å². The molecule has 2 unspecified atom stereocenters. The van der Waals surface area contributed by atoms with Gasteiger partial charge in [-0.15, -0.1) is 0 Å². The fourth-order valence-corrected chi connectivity index (χ4v) is 5.72. The van der Waals surface area contributed by atoms with E-state index in [1.54, 1.807) is 23.1 Å². The highest BCUT2D eigenvalue weighted by atomic mass is 35.5. The molecule has 2 heterocycles. The summed E-state index contributed by atoms with van der Waals surface area (Å²) in [7, 11) is 0. The number of urea groups is 1. The van der Waals surface area contributed by atoms with Crippen molar-refractivity contribution in [1.29, 1.82) is 0 Å². The highest BCUT2D eigenvalue weighted by molar-refractivity contribution is 6.32. The Hall–Kier alpha value is -3.26. The van der Waals surface area contributed by atoms with Crippen LogP contribution >= 0.6 is 11.6 Å². The smallest absolute Gasteiger partial charge is 0.317 e. The predicted octanol–water partition coefficient (Wildman–Crippen LogP) is 4.79. The van der Waals surface area contributed by atoms with Crippen LogP contribution in [0.1, 0.15) is 44.7 Å². The largest absolute Gasteiger partial charge is 0.487 e. The van der Waals surface area contributed by atoms with Gasteiger partial charge in [0.05, 0.1) is 17.0 Å². The number of nitrogens with two attached hydrogens (primary N) is 1. The predicted molar refractivity (Wildman–Crippen MR) is 145 cm³/mol. The summed E-state index contributed by atoms with van der Waals surface area (Å²) in [4.78, 5) is 30.0. The number of carbonyl (C=O) groups excluding carboxylic acids is 2. The molecule has 2 atom stereocenters. The number of allylic oxidation sites excluding steroid dienone is 1. The van der Waals surface area contributed by atoms with Gasteiger partial charge >= 0.3 is 6.03 Å². The van der Waals surface area contributed by atoms with E-state index in [0.717, 1.165) is 35.2 Å². The summed E-state index contributed by atoms with van der Waals surface area (Å²) in [6.45, 7) is 7.74. The normalized spacial score (nSPS) is 21.4. The zero-order valence-corrected chi connectivity index (χ0v) is 22.7. The number of carbonyl (C=O) groups is 2. The van der Waals surface area contributed by atoms with Gasteiger partial charge in [-0.1, -0.05) is 29.8 Å². The number of amides is 3. The zero-order chi connectivity index (χ0) is 27.2. The van der Waals surface area contributed by atoms with E-state index in [-0.39, 0.29) is 30.0 Å². The third kappa shape index (κ3) is 5.46. The number of rotatable bonds is 6. The number of benzene rings is 2. The standard InChI is InChI=1S/C29H34ClFN4O3/c1-29(2,3)33-28(37)34-12-13-35-22(15-34)25(27(32)36)24(26(35)18-6-7-18)19-8-11-23(21(30)14-19)38-16-17-4-9-20(31)10-5-17/h4-5,8-11,14,18,22,25H,6-7,12-13,15-16H2,1-3H3,(H2,32,36)(H,33,37). The van der Waals surface area contributed by atoms with Crippen LogP contribution in [0.5, 0.6) is 5.75 Å². The summed E-state index contributed by atoms with van der Waals surface area (Å²) >= 11 is 6.65. The third-order valence-corrected chi connectivity index (χ3v) is 7.59. The molecule has 1 saturated heterocycles. The highest BCUT2D eigenvalue weighted by Gasteiger charge is 2.50. The first-order valence-corrected chi connectivity index (χ1v) is 13.4. The summed E-state index contributed by atoms with van der Waals surface area (Å²) in [5.41, 5.74) is 9.41. The van der Waals surface area contributed by atoms with Gasteiger partial charge in [0, 0.05) is 30.9 Å². The van der Waals surface area contributed by atoms with E-state index in [1.807, 2.05) is 32.9 Å². The molecule has 9 heteroatoms. The summed E-state index contributed by atoms with van der Waals surface area (Å²) in [6, 6.07) is 11.3. The Morgan fingerprint density at radius 2 is 1.84 bits per heavy atom. The molecule has 2 fully saturated rings. The molecule has 38 heavy (non-hydrogen) atoms. The fraction of sp³-hybridized carbons (Fsp3) is 0.448. The van der Waals surface area contributed by atoms with Crippen molar-refractivity contribution in [2.45, 2.75) is 51.8 Å². The third-order valence-electron chi connectivity index (χ3n) is 7.29. The van der Waals surface area contributed by atoms with Gasteiger partial charge in [0.1, 0.15) is 18.2 Å². The van der Waals surface area contributed by atoms with Crippen LogP contribution in [0.15, 0.2) is 48.2 Å². The van der Waals surface area contributed by atoms with Crippen molar-refractivity contribution in [3.05, 3.63) is 70.1 Å². The SMILES string of the molecule is CC(C)(C)NC(=O)N1CCN2C(C3CC3)=C(c3ccc(OCc4ccc(F)cc4)c(Cl)c3)C(C(N)=O)C2C1. The van der Waals surface area contributed by atoms with Gasteiger partial charge in [0.2, 0.25) is 5.91 Å². The lowest BCUT2D eigenvalue weighted by Gasteiger charge is -2.42. The number of nitrogens with zero attached hydrogens (tertiary/aromatic N) is 2. The van der Waals surface area contributed by atoms with E-state index in [2.05, 4.69) is 10.2 Å². The second kappa shape index (κ2) is 10.1. The first-order chi connectivity index (χ1) is 18.0. The minimum absolute atomic E-state index is 0.132. The van der Waals surface area contributed by atoms with Crippen LogP contribution in [-0.4, -0.2) is 53.0 Å². The number of fused-ring (bicyclic) bond motifs is 1. The number of nitrogens with one attached hydrogen (secondary N) is 1. The summed E-state index contributed by atoms with van der Waals surface area (Å²) in [5.74, 6) is -0.384. The molecule has 7 nitrogen and oxygen atoms in total. The first kappa shape index (κ1) is 26.4. The minimum atomic E-state index is -0.558. The van der Waals surface area contributed by atoms with Crippen LogP contribution in [-0.2, 0) is 11.4 Å². The van der Waals surface area contributed by atoms with Gasteiger partial charge < -0.3 is 25.6 Å². The molecule has 3 amide bonds. The van der Waals surface area contributed by atoms with Crippen molar-refractivity contribution in [3.8, 4) is 5.75 Å². The lowest BCUT2D eigenvalue weighted by Crippen LogP contribution is -2.59. The highest BCUT2D eigenvalue weighted by Crippen LogP contribution is 2.51. The Kier molecular flexibility index (Phi) is 7.03. The van der Waals surface area contributed by atoms with Crippen LogP contribution in [0.4, 0.5) is 9.18 Å². The second-order valence-electron chi connectivity index (χ2n) is 11.4. The van der Waals surface area contributed by atoms with Crippen LogP contribution in [0.2, 0.25) is 5.02 Å². The Morgan fingerprint density at radius 1 is 1.13 bits per heavy atom. The van der Waals surface area contributed by atoms with Gasteiger partial charge in [-0.2, -0.15) is 0 Å². The molecule has 1 aliphatic carbocycles. The number of hydrogen-bond acceptors (Lipinski definition) is 4. The molecule has 2 aromatic rings. The molecule has 0 aromatic heterocycles. The lowest BCUT2D eigenvalue weighted by molar-refractivity contribution is -0.121. The van der Waals surface area contributed by atoms with Crippen molar-refractivity contribution in [3.63, 3.8) is 0 Å². The number of piperazine rings is 1. The lowest BCUT2D eigenvalue weighted by atomic mass is 9.87. The molecule has 0 bridgehead atoms. The van der Waals surface area contributed by atoms with E-state index >= 15 is 0 Å². The van der Waals surface area contributed by atoms with Gasteiger partial charge in [-0.3, -0.25) is 4.79 Å². The Bertz CT molecular complexity index is 1270. The maximum atomic E-state index is 13.2. The van der Waals surface area contributed by atoms with Gasteiger partial charge in [-0.05, 0) is 80.5 Å². The monoisotopic (exact) mass is 540 g/mol. The average molecular weight is 541 g/mol. The van der Waals surface area contributed by atoms with Crippen molar-refractivity contribution < 1.29 is 18.7 Å². The van der Waals surface area contributed by atoms with Crippen molar-refractivity contribution in [2.75, 3.05) is 19.6 Å². The van der Waals surface area contributed by atoms with E-state index in [0.29, 0.717) is 36.3 Å². The second-order valence-corrected chi connectivity index (χ2v) is 11.8. The van der Waals surface area contributed by atoms with Crippen LogP contribution in [0.3, 0.4) is 0 Å². The van der Waals surface area contributed by atoms with E-state index in [1.165, 1.54) is 12.1 Å². The van der Waals surface area contributed by atoms with Crippen LogP contribution in [0.25, 0.3) is 5.57 Å². The van der Waals surface area contributed by atoms with E-state index in [9.17, 15) is 14.0 Å². The Labute approximate surface area is 227 Å². The maximum absolute atomic E-state index is 13.2. The van der Waals surface area contributed by atoms with Crippen molar-refractivity contribution in [1.82, 2.24) is 15.1 Å². The Balaban J connectivity index is 1.41. The fourth-order valence-electron chi connectivity index (χ4n) is 5.48. The van der Waals surface area contributed by atoms with Crippen LogP contribution in [0, 0.1) is 17.7 Å². The number of halogens is 2. The molecule has 0 spiro atoms. The van der Waals surface area contributed by atoms with Crippen molar-refractivity contribution in [2.24, 2.45) is 17.6 Å². The minimum Gasteiger partial charge on any atom is -0.487 e. The number of hydrogen-bond donors (Lipinski definition) is 2. The zero-order valence-electron chi connectivity index (χ0n) is 22.0. The molecule has 1 saturated carbocycles. The molecule has 2 aliphatic heterocycles. The molecular weight excluding hydrogens is 507 g/mol. The van der Waals surface area contributed by atoms with Crippen molar-refractivity contribution >= 4 is 29.1 Å². The first-order valence-electron chi connectivity index (χ1n) is 13.1. The quantitative estimate of drug-likeness (QED) is 0.551. The van der Waals surface area contributed by atoms with E-state index in [4.69, 9.17) is 22.1 Å². The number of primary amides is 1. The molecule has 5 rings (SSSR count). The van der Waals surface area contributed by atoms with E-state index < -0.39 is 11.8 Å². The van der Waals surface area contributed by atoms with Gasteiger partial charge in [0.25, 0.3) is 0 Å². The average Bonchev–Trinajstić information content (AvgIpc) is 3.63. The summed E-state index contributed by atoms with van der Waals surface area (Å²) in [5, 5.41) is 3.45. The molecule has 2 aromatic carbocycles. The molecule has 202 valence electrons. The van der Waals surface area contributed by atoms with Gasteiger partial charge in [-0.25, -0.2) is 9.18 Å². The molecule has 3 aliphatic rings. The molecule has 0 radical (unpaired) electrons. The summed E-state index contributed by atoms with van der Waals surface area (Å²) < 4.78 is 19.1. The molecular formula is C29H34ClFN4O3. The van der Waals surface area contributed by atoms with Crippen LogP contribution < -0.4 is 15.8 Å². The maximum Gasteiger partial charge on any atom is 0.317 e. The summed E-state index contributed by atoms with van der Waals surface area (Å²) in [6.07, 6.45) is 2.13. The Morgan fingerprint density at radius 3 is 2.45 bits per heavy atom. The van der Waals surface area contributed by atoms with Gasteiger partial charge in [0.15, 0.2) is 0 Å². The number of ether oxygens (including phenoxy) is 1.